The first kappa shape index (κ1) is 18.4. The summed E-state index contributed by atoms with van der Waals surface area (Å²) in [5.74, 6) is 0.305. The van der Waals surface area contributed by atoms with Gasteiger partial charge in [-0.3, -0.25) is 14.4 Å². The molecule has 26 heavy (non-hydrogen) atoms. The molecule has 6 heteroatoms. The zero-order valence-corrected chi connectivity index (χ0v) is 15.3. The molecule has 1 heterocycles. The molecule has 3 rings (SSSR count). The molecular weight excluding hydrogens is 330 g/mol. The average Bonchev–Trinajstić information content (AvgIpc) is 3.18. The molecule has 0 bridgehead atoms. The summed E-state index contributed by atoms with van der Waals surface area (Å²) in [4.78, 5) is 37.6. The lowest BCUT2D eigenvalue weighted by Crippen LogP contribution is -2.48. The van der Waals surface area contributed by atoms with Crippen molar-refractivity contribution in [1.82, 2.24) is 15.5 Å². The third-order valence-corrected chi connectivity index (χ3v) is 5.37. The number of likely N-dealkylation sites (N-methyl/N-ethyl adjacent to an activating group) is 1. The number of carbonyl (C=O) groups is 3. The molecule has 2 aliphatic rings. The summed E-state index contributed by atoms with van der Waals surface area (Å²) in [5.41, 5.74) is 1.58. The minimum absolute atomic E-state index is 0.00410. The Kier molecular flexibility index (Phi) is 5.91. The lowest BCUT2D eigenvalue weighted by atomic mass is 10.0. The molecule has 0 aromatic heterocycles. The molecule has 6 nitrogen and oxygen atoms in total. The van der Waals surface area contributed by atoms with Gasteiger partial charge in [0.1, 0.15) is 0 Å². The van der Waals surface area contributed by atoms with E-state index in [0.717, 1.165) is 31.2 Å². The van der Waals surface area contributed by atoms with Crippen LogP contribution in [-0.2, 0) is 16.1 Å². The van der Waals surface area contributed by atoms with Gasteiger partial charge in [0, 0.05) is 44.1 Å². The fourth-order valence-electron chi connectivity index (χ4n) is 3.69. The first-order valence-corrected chi connectivity index (χ1v) is 9.44. The minimum atomic E-state index is -0.126. The number of nitrogens with zero attached hydrogens (tertiary/aromatic N) is 1. The maximum Gasteiger partial charge on any atom is 0.251 e. The summed E-state index contributed by atoms with van der Waals surface area (Å²) in [6.07, 6.45) is 5.43. The highest BCUT2D eigenvalue weighted by atomic mass is 16.2. The van der Waals surface area contributed by atoms with E-state index in [-0.39, 0.29) is 29.7 Å². The Bertz CT molecular complexity index is 665. The van der Waals surface area contributed by atoms with Crippen molar-refractivity contribution in [2.75, 3.05) is 13.6 Å². The lowest BCUT2D eigenvalue weighted by Gasteiger charge is -2.30. The first-order valence-electron chi connectivity index (χ1n) is 9.44. The fraction of sp³-hybridized carbons (Fsp3) is 0.550. The Labute approximate surface area is 154 Å². The smallest absolute Gasteiger partial charge is 0.251 e. The molecule has 140 valence electrons. The minimum Gasteiger partial charge on any atom is -0.352 e. The van der Waals surface area contributed by atoms with Crippen LogP contribution in [0.2, 0.25) is 0 Å². The van der Waals surface area contributed by atoms with Crippen LogP contribution in [0.25, 0.3) is 0 Å². The number of carbonyl (C=O) groups excluding carboxylic acids is 3. The third kappa shape index (κ3) is 4.62. The van der Waals surface area contributed by atoms with Gasteiger partial charge in [-0.1, -0.05) is 25.0 Å². The highest BCUT2D eigenvalue weighted by molar-refractivity contribution is 5.94. The van der Waals surface area contributed by atoms with E-state index in [1.165, 1.54) is 0 Å². The second-order valence-corrected chi connectivity index (χ2v) is 7.38. The number of nitrogens with one attached hydrogen (secondary N) is 2. The number of hydrogen-bond donors (Lipinski definition) is 2. The van der Waals surface area contributed by atoms with Crippen LogP contribution in [0.1, 0.15) is 54.4 Å². The molecule has 1 aliphatic heterocycles. The van der Waals surface area contributed by atoms with Crippen molar-refractivity contribution >= 4 is 17.7 Å². The number of likely N-dealkylation sites (tertiary alicyclic amines) is 1. The quantitative estimate of drug-likeness (QED) is 0.844. The van der Waals surface area contributed by atoms with Crippen LogP contribution in [0.3, 0.4) is 0 Å². The molecule has 1 aromatic carbocycles. The van der Waals surface area contributed by atoms with Gasteiger partial charge in [0.15, 0.2) is 0 Å². The summed E-state index contributed by atoms with van der Waals surface area (Å²) in [5, 5.41) is 5.98. The lowest BCUT2D eigenvalue weighted by molar-refractivity contribution is -0.132. The van der Waals surface area contributed by atoms with E-state index >= 15 is 0 Å². The fourth-order valence-corrected chi connectivity index (χ4v) is 3.69. The Morgan fingerprint density at radius 3 is 2.46 bits per heavy atom. The van der Waals surface area contributed by atoms with E-state index in [1.807, 2.05) is 12.1 Å². The number of amides is 3. The van der Waals surface area contributed by atoms with E-state index in [4.69, 9.17) is 0 Å². The first-order chi connectivity index (χ1) is 12.5. The van der Waals surface area contributed by atoms with Crippen LogP contribution in [0.5, 0.6) is 0 Å². The normalized spacial score (nSPS) is 20.9. The van der Waals surface area contributed by atoms with E-state index < -0.39 is 0 Å². The van der Waals surface area contributed by atoms with Crippen LogP contribution >= 0.6 is 0 Å². The maximum atomic E-state index is 12.4. The summed E-state index contributed by atoms with van der Waals surface area (Å²) >= 11 is 0. The summed E-state index contributed by atoms with van der Waals surface area (Å²) < 4.78 is 0. The van der Waals surface area contributed by atoms with Crippen LogP contribution in [0.4, 0.5) is 0 Å². The Hall–Kier alpha value is -2.37. The van der Waals surface area contributed by atoms with Crippen molar-refractivity contribution in [2.45, 2.75) is 51.1 Å². The van der Waals surface area contributed by atoms with Gasteiger partial charge < -0.3 is 15.5 Å². The molecule has 3 amide bonds. The highest BCUT2D eigenvalue weighted by Gasteiger charge is 2.24. The van der Waals surface area contributed by atoms with Gasteiger partial charge in [0.25, 0.3) is 5.91 Å². The number of piperidine rings is 1. The Morgan fingerprint density at radius 1 is 1.12 bits per heavy atom. The van der Waals surface area contributed by atoms with Gasteiger partial charge in [0.2, 0.25) is 11.8 Å². The van der Waals surface area contributed by atoms with Gasteiger partial charge in [0.05, 0.1) is 0 Å². The molecule has 1 saturated carbocycles. The predicted molar refractivity (Wildman–Crippen MR) is 98.4 cm³/mol. The third-order valence-electron chi connectivity index (χ3n) is 5.37. The molecule has 0 spiro atoms. The van der Waals surface area contributed by atoms with Crippen LogP contribution in [-0.4, -0.2) is 42.3 Å². The van der Waals surface area contributed by atoms with Crippen LogP contribution in [0, 0.1) is 5.92 Å². The average molecular weight is 357 g/mol. The second-order valence-electron chi connectivity index (χ2n) is 7.38. The van der Waals surface area contributed by atoms with Crippen molar-refractivity contribution in [2.24, 2.45) is 5.92 Å². The molecule has 0 unspecified atom stereocenters. The predicted octanol–water partition coefficient (Wildman–Crippen LogP) is 1.84. The van der Waals surface area contributed by atoms with Crippen molar-refractivity contribution in [3.63, 3.8) is 0 Å². The maximum absolute atomic E-state index is 12.4. The molecule has 2 N–H and O–H groups in total. The number of rotatable bonds is 5. The second kappa shape index (κ2) is 8.34. The summed E-state index contributed by atoms with van der Waals surface area (Å²) in [6.45, 7) is 1.04. The molecule has 1 aliphatic carbocycles. The van der Waals surface area contributed by atoms with Crippen molar-refractivity contribution in [3.05, 3.63) is 35.4 Å². The Balaban J connectivity index is 1.48. The molecule has 1 aromatic rings. The van der Waals surface area contributed by atoms with Gasteiger partial charge in [-0.05, 0) is 37.0 Å². The number of benzene rings is 1. The zero-order chi connectivity index (χ0) is 18.5. The Morgan fingerprint density at radius 2 is 1.81 bits per heavy atom. The monoisotopic (exact) mass is 357 g/mol. The van der Waals surface area contributed by atoms with E-state index in [9.17, 15) is 14.4 Å². The topological polar surface area (TPSA) is 78.5 Å². The molecule has 0 radical (unpaired) electrons. The van der Waals surface area contributed by atoms with Crippen molar-refractivity contribution in [3.8, 4) is 0 Å². The molecule has 1 atom stereocenters. The van der Waals surface area contributed by atoms with Gasteiger partial charge in [-0.15, -0.1) is 0 Å². The number of hydrogen-bond acceptors (Lipinski definition) is 3. The summed E-state index contributed by atoms with van der Waals surface area (Å²) in [6, 6.07) is 7.31. The van der Waals surface area contributed by atoms with Gasteiger partial charge >= 0.3 is 0 Å². The van der Waals surface area contributed by atoms with Crippen molar-refractivity contribution in [1.29, 1.82) is 0 Å². The molecule has 2 fully saturated rings. The summed E-state index contributed by atoms with van der Waals surface area (Å²) in [7, 11) is 1.76. The zero-order valence-electron chi connectivity index (χ0n) is 15.3. The largest absolute Gasteiger partial charge is 0.352 e. The van der Waals surface area contributed by atoms with E-state index in [1.54, 1.807) is 24.1 Å². The SMILES string of the molecule is CN1C[C@H](NC(=O)c2ccc(CNC(=O)C3CCCC3)cc2)CCC1=O. The standard InChI is InChI=1S/C20H27N3O3/c1-23-13-17(10-11-18(23)24)22-20(26)16-8-6-14(7-9-16)12-21-19(25)15-4-2-3-5-15/h6-9,15,17H,2-5,10-13H2,1H3,(H,21,25)(H,22,26)/t17-/m1/s1. The highest BCUT2D eigenvalue weighted by Crippen LogP contribution is 2.24. The molecule has 1 saturated heterocycles. The van der Waals surface area contributed by atoms with E-state index in [2.05, 4.69) is 10.6 Å². The van der Waals surface area contributed by atoms with Gasteiger partial charge in [-0.2, -0.15) is 0 Å². The van der Waals surface area contributed by atoms with Crippen LogP contribution < -0.4 is 10.6 Å². The van der Waals surface area contributed by atoms with E-state index in [0.29, 0.717) is 31.5 Å². The molecular formula is C20H27N3O3. The van der Waals surface area contributed by atoms with Crippen LogP contribution in [0.15, 0.2) is 24.3 Å². The van der Waals surface area contributed by atoms with Crippen molar-refractivity contribution < 1.29 is 14.4 Å². The van der Waals surface area contributed by atoms with Gasteiger partial charge in [-0.25, -0.2) is 0 Å².